The minimum Gasteiger partial charge on any atom is -0.482 e. The SMILES string of the molecule is COc1ccc2nccc(CCN(CCC3CN(c4ccc5c(c4)NC(=O)CO5)C(=O)O3)C[C@@H](O)CO)c2n1.Cl. The maximum absolute atomic E-state index is 12.6. The minimum absolute atomic E-state index is 0. The van der Waals surface area contributed by atoms with Crippen LogP contribution in [-0.2, 0) is 16.0 Å². The molecular formula is C27H32ClN5O7. The molecule has 1 unspecified atom stereocenters. The lowest BCUT2D eigenvalue weighted by Crippen LogP contribution is -2.38. The predicted octanol–water partition coefficient (Wildman–Crippen LogP) is 2.00. The summed E-state index contributed by atoms with van der Waals surface area (Å²) in [5, 5.41) is 22.3. The lowest BCUT2D eigenvalue weighted by Gasteiger charge is -2.25. The summed E-state index contributed by atoms with van der Waals surface area (Å²) in [6, 6.07) is 10.7. The van der Waals surface area contributed by atoms with Gasteiger partial charge < -0.3 is 34.6 Å². The van der Waals surface area contributed by atoms with Crippen LogP contribution in [0.1, 0.15) is 12.0 Å². The molecule has 2 aliphatic heterocycles. The Morgan fingerprint density at radius 2 is 2.08 bits per heavy atom. The van der Waals surface area contributed by atoms with Crippen LogP contribution in [0.5, 0.6) is 11.6 Å². The summed E-state index contributed by atoms with van der Waals surface area (Å²) in [5.41, 5.74) is 3.63. The summed E-state index contributed by atoms with van der Waals surface area (Å²) in [5.74, 6) is 0.809. The van der Waals surface area contributed by atoms with Crippen molar-refractivity contribution < 1.29 is 34.0 Å². The average Bonchev–Trinajstić information content (AvgIpc) is 3.33. The van der Waals surface area contributed by atoms with Gasteiger partial charge in [0, 0.05) is 37.6 Å². The summed E-state index contributed by atoms with van der Waals surface area (Å²) in [7, 11) is 1.57. The molecule has 3 N–H and O–H groups in total. The van der Waals surface area contributed by atoms with Gasteiger partial charge in [-0.3, -0.25) is 14.7 Å². The number of anilines is 2. The number of aromatic nitrogens is 2. The molecule has 2 aromatic heterocycles. The monoisotopic (exact) mass is 573 g/mol. The van der Waals surface area contributed by atoms with Crippen LogP contribution in [0.4, 0.5) is 16.2 Å². The molecule has 2 amide bonds. The number of benzene rings is 1. The maximum atomic E-state index is 12.6. The van der Waals surface area contributed by atoms with Crippen LogP contribution >= 0.6 is 12.4 Å². The Labute approximate surface area is 237 Å². The van der Waals surface area contributed by atoms with E-state index in [4.69, 9.17) is 14.2 Å². The van der Waals surface area contributed by atoms with E-state index in [-0.39, 0.29) is 44.2 Å². The van der Waals surface area contributed by atoms with E-state index in [1.807, 2.05) is 17.0 Å². The third-order valence-electron chi connectivity index (χ3n) is 6.78. The Balaban J connectivity index is 0.00000370. The van der Waals surface area contributed by atoms with E-state index in [2.05, 4.69) is 15.3 Å². The van der Waals surface area contributed by atoms with Gasteiger partial charge in [-0.25, -0.2) is 9.78 Å². The van der Waals surface area contributed by atoms with Crippen molar-refractivity contribution in [1.29, 1.82) is 0 Å². The van der Waals surface area contributed by atoms with Gasteiger partial charge >= 0.3 is 6.09 Å². The number of pyridine rings is 2. The van der Waals surface area contributed by atoms with Crippen molar-refractivity contribution in [3.8, 4) is 11.6 Å². The summed E-state index contributed by atoms with van der Waals surface area (Å²) in [4.78, 5) is 36.8. The fourth-order valence-electron chi connectivity index (χ4n) is 4.75. The van der Waals surface area contributed by atoms with Crippen LogP contribution in [-0.4, -0.2) is 95.8 Å². The molecule has 0 radical (unpaired) electrons. The van der Waals surface area contributed by atoms with Gasteiger partial charge in [0.2, 0.25) is 5.88 Å². The Morgan fingerprint density at radius 1 is 1.23 bits per heavy atom. The topological polar surface area (TPSA) is 147 Å². The van der Waals surface area contributed by atoms with Gasteiger partial charge in [-0.15, -0.1) is 12.4 Å². The standard InChI is InChI=1S/C27H31N5O7.ClH/c1-37-25-5-3-21-26(30-25)17(6-9-28-21)7-10-31(13-19(34)15-33)11-8-20-14-32(27(36)39-20)18-2-4-23-22(12-18)29-24(35)16-38-23;/h2-6,9,12,19-20,33-34H,7-8,10-11,13-16H2,1H3,(H,29,35);1H/t19-,20?;/m1./s1. The summed E-state index contributed by atoms with van der Waals surface area (Å²) in [6.45, 7) is 1.36. The molecule has 214 valence electrons. The van der Waals surface area contributed by atoms with Crippen molar-refractivity contribution >= 4 is 46.8 Å². The van der Waals surface area contributed by atoms with Gasteiger partial charge in [-0.1, -0.05) is 0 Å². The lowest BCUT2D eigenvalue weighted by molar-refractivity contribution is -0.118. The second-order valence-electron chi connectivity index (χ2n) is 9.50. The second-order valence-corrected chi connectivity index (χ2v) is 9.50. The normalized spacial score (nSPS) is 17.1. The number of methoxy groups -OCH3 is 1. The number of amides is 2. The van der Waals surface area contributed by atoms with Crippen molar-refractivity contribution in [2.24, 2.45) is 0 Å². The number of halogens is 1. The van der Waals surface area contributed by atoms with Crippen LogP contribution in [0.15, 0.2) is 42.6 Å². The zero-order valence-electron chi connectivity index (χ0n) is 22.0. The van der Waals surface area contributed by atoms with Gasteiger partial charge in [-0.2, -0.15) is 0 Å². The first kappa shape index (κ1) is 29.3. The largest absolute Gasteiger partial charge is 0.482 e. The lowest BCUT2D eigenvalue weighted by atomic mass is 10.1. The number of cyclic esters (lactones) is 1. The van der Waals surface area contributed by atoms with E-state index in [0.29, 0.717) is 55.5 Å². The molecule has 12 nitrogen and oxygen atoms in total. The highest BCUT2D eigenvalue weighted by Gasteiger charge is 2.33. The van der Waals surface area contributed by atoms with Gasteiger partial charge in [-0.05, 0) is 48.7 Å². The highest BCUT2D eigenvalue weighted by molar-refractivity contribution is 5.97. The molecule has 13 heteroatoms. The number of nitrogens with zero attached hydrogens (tertiary/aromatic N) is 4. The van der Waals surface area contributed by atoms with Crippen molar-refractivity contribution in [3.63, 3.8) is 0 Å². The molecule has 2 atom stereocenters. The predicted molar refractivity (Wildman–Crippen MR) is 149 cm³/mol. The van der Waals surface area contributed by atoms with E-state index >= 15 is 0 Å². The van der Waals surface area contributed by atoms with E-state index in [1.165, 1.54) is 4.90 Å². The molecule has 2 aliphatic rings. The highest BCUT2D eigenvalue weighted by atomic mass is 35.5. The van der Waals surface area contributed by atoms with Gasteiger partial charge in [0.25, 0.3) is 5.91 Å². The van der Waals surface area contributed by atoms with E-state index in [9.17, 15) is 19.8 Å². The molecule has 0 bridgehead atoms. The molecule has 1 fully saturated rings. The zero-order chi connectivity index (χ0) is 27.4. The Hall–Kier alpha value is -3.71. The molecule has 4 heterocycles. The summed E-state index contributed by atoms with van der Waals surface area (Å²) >= 11 is 0. The van der Waals surface area contributed by atoms with Crippen molar-refractivity contribution in [2.75, 3.05) is 56.7 Å². The minimum atomic E-state index is -0.895. The number of hydrogen-bond acceptors (Lipinski definition) is 10. The average molecular weight is 574 g/mol. The number of nitrogens with one attached hydrogen (secondary N) is 1. The second kappa shape index (κ2) is 13.1. The van der Waals surface area contributed by atoms with Crippen LogP contribution in [0.2, 0.25) is 0 Å². The molecule has 1 aromatic carbocycles. The fourth-order valence-corrected chi connectivity index (χ4v) is 4.75. The van der Waals surface area contributed by atoms with Crippen LogP contribution in [0.25, 0.3) is 11.0 Å². The number of carbonyl (C=O) groups is 2. The molecule has 0 saturated carbocycles. The van der Waals surface area contributed by atoms with Gasteiger partial charge in [0.1, 0.15) is 11.9 Å². The quantitative estimate of drug-likeness (QED) is 0.311. The summed E-state index contributed by atoms with van der Waals surface area (Å²) in [6.07, 6.45) is 1.19. The van der Waals surface area contributed by atoms with E-state index < -0.39 is 12.2 Å². The molecule has 0 aliphatic carbocycles. The fraction of sp³-hybridized carbons (Fsp3) is 0.407. The Kier molecular flexibility index (Phi) is 9.58. The van der Waals surface area contributed by atoms with Crippen LogP contribution < -0.4 is 19.7 Å². The first-order chi connectivity index (χ1) is 18.9. The number of aliphatic hydroxyl groups excluding tert-OH is 2. The molecule has 5 rings (SSSR count). The summed E-state index contributed by atoms with van der Waals surface area (Å²) < 4.78 is 16.3. The first-order valence-corrected chi connectivity index (χ1v) is 12.8. The third-order valence-corrected chi connectivity index (χ3v) is 6.78. The number of ether oxygens (including phenoxy) is 3. The Bertz CT molecular complexity index is 1360. The molecule has 3 aromatic rings. The van der Waals surface area contributed by atoms with Crippen molar-refractivity contribution in [3.05, 3.63) is 48.2 Å². The number of carbonyl (C=O) groups excluding carboxylic acids is 2. The van der Waals surface area contributed by atoms with Crippen LogP contribution in [0, 0.1) is 0 Å². The van der Waals surface area contributed by atoms with Crippen LogP contribution in [0.3, 0.4) is 0 Å². The van der Waals surface area contributed by atoms with Gasteiger partial charge in [0.05, 0.1) is 43.1 Å². The maximum Gasteiger partial charge on any atom is 0.414 e. The smallest absolute Gasteiger partial charge is 0.414 e. The number of fused-ring (bicyclic) bond motifs is 2. The first-order valence-electron chi connectivity index (χ1n) is 12.8. The van der Waals surface area contributed by atoms with E-state index in [1.54, 1.807) is 37.6 Å². The van der Waals surface area contributed by atoms with E-state index in [0.717, 1.165) is 16.6 Å². The van der Waals surface area contributed by atoms with Gasteiger partial charge in [0.15, 0.2) is 6.61 Å². The zero-order valence-corrected chi connectivity index (χ0v) is 22.8. The van der Waals surface area contributed by atoms with Crippen molar-refractivity contribution in [1.82, 2.24) is 14.9 Å². The molecule has 40 heavy (non-hydrogen) atoms. The van der Waals surface area contributed by atoms with Crippen molar-refractivity contribution in [2.45, 2.75) is 25.0 Å². The third kappa shape index (κ3) is 6.70. The molecular weight excluding hydrogens is 542 g/mol. The number of hydrogen-bond donors (Lipinski definition) is 3. The Morgan fingerprint density at radius 3 is 2.88 bits per heavy atom. The highest BCUT2D eigenvalue weighted by Crippen LogP contribution is 2.33. The number of rotatable bonds is 11. The molecule has 1 saturated heterocycles. The molecule has 0 spiro atoms. The number of aliphatic hydroxyl groups is 2.